The summed E-state index contributed by atoms with van der Waals surface area (Å²) in [4.78, 5) is 21.0. The van der Waals surface area contributed by atoms with Gasteiger partial charge in [0.25, 0.3) is 0 Å². The van der Waals surface area contributed by atoms with Gasteiger partial charge in [0.2, 0.25) is 0 Å². The van der Waals surface area contributed by atoms with Gasteiger partial charge in [-0.15, -0.1) is 0 Å². The molecule has 0 fully saturated rings. The van der Waals surface area contributed by atoms with Crippen LogP contribution in [0, 0.1) is 11.8 Å². The first-order chi connectivity index (χ1) is 7.47. The number of carbonyl (C=O) groups is 2. The average Bonchev–Trinajstić information content (AvgIpc) is 2.21. The lowest BCUT2D eigenvalue weighted by Crippen LogP contribution is -2.14. The van der Waals surface area contributed by atoms with Crippen LogP contribution in [0.15, 0.2) is 0 Å². The molecule has 0 rings (SSSR count). The third-order valence-electron chi connectivity index (χ3n) is 2.94. The molecule has 0 saturated carbocycles. The number of rotatable bonds is 9. The lowest BCUT2D eigenvalue weighted by Gasteiger charge is -2.16. The Hall–Kier alpha value is -1.06. The fourth-order valence-electron chi connectivity index (χ4n) is 1.80. The van der Waals surface area contributed by atoms with Gasteiger partial charge in [0.15, 0.2) is 0 Å². The Kier molecular flexibility index (Phi) is 7.60. The van der Waals surface area contributed by atoms with Crippen LogP contribution in [0.25, 0.3) is 0 Å². The van der Waals surface area contributed by atoms with Gasteiger partial charge in [-0.1, -0.05) is 33.1 Å². The molecule has 0 aliphatic carbocycles. The molecule has 0 aliphatic rings. The smallest absolute Gasteiger partial charge is 0.306 e. The quantitative estimate of drug-likeness (QED) is 0.597. The maximum Gasteiger partial charge on any atom is 0.306 e. The Morgan fingerprint density at radius 3 is 2.25 bits per heavy atom. The standard InChI is InChI=1S/C12H22O4/c1-3-10(8-9(2)12(15)16)6-4-5-7-11(13)14/h9-10H,3-8H2,1-2H3,(H,13,14)(H,15,16). The molecule has 0 bridgehead atoms. The van der Waals surface area contributed by atoms with Crippen molar-refractivity contribution in [3.8, 4) is 0 Å². The van der Waals surface area contributed by atoms with E-state index in [9.17, 15) is 9.59 Å². The summed E-state index contributed by atoms with van der Waals surface area (Å²) in [5, 5.41) is 17.3. The molecule has 2 atom stereocenters. The summed E-state index contributed by atoms with van der Waals surface area (Å²) in [5.41, 5.74) is 0. The van der Waals surface area contributed by atoms with Crippen LogP contribution < -0.4 is 0 Å². The van der Waals surface area contributed by atoms with Crippen molar-refractivity contribution in [2.24, 2.45) is 11.8 Å². The average molecular weight is 230 g/mol. The zero-order valence-corrected chi connectivity index (χ0v) is 10.1. The van der Waals surface area contributed by atoms with Gasteiger partial charge < -0.3 is 10.2 Å². The molecule has 0 aromatic rings. The highest BCUT2D eigenvalue weighted by atomic mass is 16.4. The van der Waals surface area contributed by atoms with E-state index >= 15 is 0 Å². The largest absolute Gasteiger partial charge is 0.481 e. The van der Waals surface area contributed by atoms with E-state index in [2.05, 4.69) is 6.92 Å². The molecule has 4 nitrogen and oxygen atoms in total. The number of aliphatic carboxylic acids is 2. The van der Waals surface area contributed by atoms with E-state index in [0.717, 1.165) is 19.3 Å². The maximum atomic E-state index is 10.7. The van der Waals surface area contributed by atoms with E-state index in [0.29, 0.717) is 18.8 Å². The molecule has 0 spiro atoms. The topological polar surface area (TPSA) is 74.6 Å². The van der Waals surface area contributed by atoms with Gasteiger partial charge in [-0.3, -0.25) is 9.59 Å². The predicted octanol–water partition coefficient (Wildman–Crippen LogP) is 2.77. The summed E-state index contributed by atoms with van der Waals surface area (Å²) >= 11 is 0. The Balaban J connectivity index is 3.74. The number of unbranched alkanes of at least 4 members (excludes halogenated alkanes) is 1. The van der Waals surface area contributed by atoms with Gasteiger partial charge >= 0.3 is 11.9 Å². The SMILES string of the molecule is CCC(CCCCC(=O)O)CC(C)C(=O)O. The summed E-state index contributed by atoms with van der Waals surface area (Å²) in [6, 6.07) is 0. The molecule has 94 valence electrons. The molecule has 0 aromatic carbocycles. The van der Waals surface area contributed by atoms with Gasteiger partial charge in [0, 0.05) is 6.42 Å². The Bertz CT molecular complexity index is 225. The molecule has 0 radical (unpaired) electrons. The first-order valence-electron chi connectivity index (χ1n) is 5.92. The molecule has 0 amide bonds. The van der Waals surface area contributed by atoms with E-state index in [4.69, 9.17) is 10.2 Å². The second-order valence-electron chi connectivity index (χ2n) is 4.39. The van der Waals surface area contributed by atoms with Gasteiger partial charge in [-0.25, -0.2) is 0 Å². The van der Waals surface area contributed by atoms with Crippen LogP contribution in [-0.2, 0) is 9.59 Å². The van der Waals surface area contributed by atoms with Crippen LogP contribution in [0.5, 0.6) is 0 Å². The molecule has 0 saturated heterocycles. The Morgan fingerprint density at radius 2 is 1.81 bits per heavy atom. The van der Waals surface area contributed by atoms with Crippen LogP contribution >= 0.6 is 0 Å². The van der Waals surface area contributed by atoms with Crippen molar-refractivity contribution in [3.05, 3.63) is 0 Å². The van der Waals surface area contributed by atoms with Crippen molar-refractivity contribution in [2.75, 3.05) is 0 Å². The van der Waals surface area contributed by atoms with E-state index in [1.54, 1.807) is 6.92 Å². The Morgan fingerprint density at radius 1 is 1.19 bits per heavy atom. The third kappa shape index (κ3) is 7.26. The molecule has 0 heterocycles. The monoisotopic (exact) mass is 230 g/mol. The minimum Gasteiger partial charge on any atom is -0.481 e. The lowest BCUT2D eigenvalue weighted by atomic mass is 9.89. The van der Waals surface area contributed by atoms with Crippen LogP contribution in [-0.4, -0.2) is 22.2 Å². The Labute approximate surface area is 96.7 Å². The highest BCUT2D eigenvalue weighted by Crippen LogP contribution is 2.21. The maximum absolute atomic E-state index is 10.7. The fraction of sp³-hybridized carbons (Fsp3) is 0.833. The lowest BCUT2D eigenvalue weighted by molar-refractivity contribution is -0.141. The van der Waals surface area contributed by atoms with Gasteiger partial charge in [-0.05, 0) is 18.8 Å². The summed E-state index contributed by atoms with van der Waals surface area (Å²) in [6.07, 6.45) is 4.36. The number of hydrogen-bond acceptors (Lipinski definition) is 2. The zero-order chi connectivity index (χ0) is 12.6. The van der Waals surface area contributed by atoms with Crippen molar-refractivity contribution in [3.63, 3.8) is 0 Å². The number of carboxylic acid groups (broad SMARTS) is 2. The molecule has 0 aromatic heterocycles. The fourth-order valence-corrected chi connectivity index (χ4v) is 1.80. The van der Waals surface area contributed by atoms with Gasteiger partial charge in [0.1, 0.15) is 0 Å². The molecule has 0 aliphatic heterocycles. The van der Waals surface area contributed by atoms with E-state index < -0.39 is 11.9 Å². The highest BCUT2D eigenvalue weighted by molar-refractivity contribution is 5.69. The van der Waals surface area contributed by atoms with Crippen LogP contribution in [0.3, 0.4) is 0 Å². The molecule has 16 heavy (non-hydrogen) atoms. The van der Waals surface area contributed by atoms with Crippen LogP contribution in [0.1, 0.15) is 52.4 Å². The van der Waals surface area contributed by atoms with Crippen molar-refractivity contribution in [1.82, 2.24) is 0 Å². The van der Waals surface area contributed by atoms with Crippen molar-refractivity contribution in [1.29, 1.82) is 0 Å². The second-order valence-corrected chi connectivity index (χ2v) is 4.39. The summed E-state index contributed by atoms with van der Waals surface area (Å²) < 4.78 is 0. The van der Waals surface area contributed by atoms with Gasteiger partial charge in [-0.2, -0.15) is 0 Å². The van der Waals surface area contributed by atoms with E-state index in [1.807, 2.05) is 0 Å². The van der Waals surface area contributed by atoms with E-state index in [1.165, 1.54) is 0 Å². The minimum atomic E-state index is -0.757. The number of carboxylic acids is 2. The minimum absolute atomic E-state index is 0.213. The molecule has 2 N–H and O–H groups in total. The van der Waals surface area contributed by atoms with Crippen molar-refractivity contribution >= 4 is 11.9 Å². The number of hydrogen-bond donors (Lipinski definition) is 2. The third-order valence-corrected chi connectivity index (χ3v) is 2.94. The predicted molar refractivity (Wildman–Crippen MR) is 61.3 cm³/mol. The van der Waals surface area contributed by atoms with Crippen LogP contribution in [0.4, 0.5) is 0 Å². The summed E-state index contributed by atoms with van der Waals surface area (Å²) in [5.74, 6) is -1.40. The molecular formula is C12H22O4. The van der Waals surface area contributed by atoms with Gasteiger partial charge in [0.05, 0.1) is 5.92 Å². The normalized spacial score (nSPS) is 14.4. The first-order valence-corrected chi connectivity index (χ1v) is 5.92. The molecule has 4 heteroatoms. The second kappa shape index (κ2) is 8.13. The van der Waals surface area contributed by atoms with Crippen molar-refractivity contribution < 1.29 is 19.8 Å². The van der Waals surface area contributed by atoms with E-state index in [-0.39, 0.29) is 12.3 Å². The summed E-state index contributed by atoms with van der Waals surface area (Å²) in [6.45, 7) is 3.78. The van der Waals surface area contributed by atoms with Crippen LogP contribution in [0.2, 0.25) is 0 Å². The molecule has 2 unspecified atom stereocenters. The first kappa shape index (κ1) is 14.9. The highest BCUT2D eigenvalue weighted by Gasteiger charge is 2.16. The van der Waals surface area contributed by atoms with Crippen molar-refractivity contribution in [2.45, 2.75) is 52.4 Å². The summed E-state index contributed by atoms with van der Waals surface area (Å²) in [7, 11) is 0. The zero-order valence-electron chi connectivity index (χ0n) is 10.1. The molecular weight excluding hydrogens is 208 g/mol.